The predicted molar refractivity (Wildman–Crippen MR) is 72.5 cm³/mol. The molecule has 0 radical (unpaired) electrons. The summed E-state index contributed by atoms with van der Waals surface area (Å²) in [6.07, 6.45) is 2.81. The SMILES string of the molecule is Cc1ccc(NC(=O)CC2(CS)CC2)c(C)n1. The largest absolute Gasteiger partial charge is 0.324 e. The van der Waals surface area contributed by atoms with E-state index in [4.69, 9.17) is 0 Å². The van der Waals surface area contributed by atoms with E-state index in [1.54, 1.807) is 0 Å². The van der Waals surface area contributed by atoms with Crippen LogP contribution in [-0.2, 0) is 4.79 Å². The Kier molecular flexibility index (Phi) is 3.43. The molecule has 1 aromatic heterocycles. The van der Waals surface area contributed by atoms with Gasteiger partial charge in [0.05, 0.1) is 11.4 Å². The molecular formula is C13H18N2OS. The van der Waals surface area contributed by atoms with E-state index >= 15 is 0 Å². The first-order chi connectivity index (χ1) is 8.04. The summed E-state index contributed by atoms with van der Waals surface area (Å²) in [7, 11) is 0. The Morgan fingerprint density at radius 1 is 1.47 bits per heavy atom. The number of hydrogen-bond donors (Lipinski definition) is 2. The highest BCUT2D eigenvalue weighted by molar-refractivity contribution is 7.80. The van der Waals surface area contributed by atoms with Crippen LogP contribution in [0.4, 0.5) is 5.69 Å². The van der Waals surface area contributed by atoms with Crippen LogP contribution >= 0.6 is 12.6 Å². The average Bonchev–Trinajstić information content (AvgIpc) is 3.03. The highest BCUT2D eigenvalue weighted by Crippen LogP contribution is 2.49. The fraction of sp³-hybridized carbons (Fsp3) is 0.538. The van der Waals surface area contributed by atoms with Crippen molar-refractivity contribution in [1.29, 1.82) is 0 Å². The number of nitrogens with zero attached hydrogens (tertiary/aromatic N) is 1. The van der Waals surface area contributed by atoms with E-state index in [1.165, 1.54) is 0 Å². The molecular weight excluding hydrogens is 232 g/mol. The molecule has 0 aliphatic heterocycles. The van der Waals surface area contributed by atoms with Crippen LogP contribution in [0.1, 0.15) is 30.7 Å². The number of anilines is 1. The van der Waals surface area contributed by atoms with Crippen molar-refractivity contribution < 1.29 is 4.79 Å². The molecule has 1 aromatic rings. The van der Waals surface area contributed by atoms with E-state index in [0.717, 1.165) is 35.7 Å². The van der Waals surface area contributed by atoms with Gasteiger partial charge in [-0.3, -0.25) is 9.78 Å². The number of carbonyl (C=O) groups is 1. The number of rotatable bonds is 4. The van der Waals surface area contributed by atoms with E-state index in [2.05, 4.69) is 22.9 Å². The van der Waals surface area contributed by atoms with E-state index in [9.17, 15) is 4.79 Å². The van der Waals surface area contributed by atoms with Crippen LogP contribution < -0.4 is 5.32 Å². The van der Waals surface area contributed by atoms with Gasteiger partial charge in [-0.15, -0.1) is 0 Å². The smallest absolute Gasteiger partial charge is 0.225 e. The lowest BCUT2D eigenvalue weighted by molar-refractivity contribution is -0.117. The van der Waals surface area contributed by atoms with E-state index in [0.29, 0.717) is 6.42 Å². The third-order valence-corrected chi connectivity index (χ3v) is 4.00. The van der Waals surface area contributed by atoms with Gasteiger partial charge in [-0.25, -0.2) is 0 Å². The molecule has 1 saturated carbocycles. The van der Waals surface area contributed by atoms with E-state index in [1.807, 2.05) is 26.0 Å². The van der Waals surface area contributed by atoms with Gasteiger partial charge < -0.3 is 5.32 Å². The quantitative estimate of drug-likeness (QED) is 0.807. The number of carbonyl (C=O) groups excluding carboxylic acids is 1. The molecule has 0 saturated heterocycles. The van der Waals surface area contributed by atoms with Crippen molar-refractivity contribution in [1.82, 2.24) is 4.98 Å². The maximum atomic E-state index is 11.9. The number of aromatic nitrogens is 1. The van der Waals surface area contributed by atoms with Crippen molar-refractivity contribution in [2.45, 2.75) is 33.1 Å². The molecule has 0 unspecified atom stereocenters. The lowest BCUT2D eigenvalue weighted by Gasteiger charge is -2.13. The summed E-state index contributed by atoms with van der Waals surface area (Å²) in [5.41, 5.74) is 2.82. The molecule has 1 aliphatic rings. The van der Waals surface area contributed by atoms with Gasteiger partial charge in [-0.1, -0.05) is 0 Å². The van der Waals surface area contributed by atoms with Gasteiger partial charge in [0.1, 0.15) is 0 Å². The van der Waals surface area contributed by atoms with Crippen molar-refractivity contribution in [3.8, 4) is 0 Å². The third kappa shape index (κ3) is 3.00. The zero-order chi connectivity index (χ0) is 12.5. The molecule has 2 rings (SSSR count). The highest BCUT2D eigenvalue weighted by atomic mass is 32.1. The molecule has 1 heterocycles. The summed E-state index contributed by atoms with van der Waals surface area (Å²) in [6.45, 7) is 3.85. The van der Waals surface area contributed by atoms with Crippen molar-refractivity contribution >= 4 is 24.2 Å². The minimum absolute atomic E-state index is 0.0744. The Labute approximate surface area is 107 Å². The summed E-state index contributed by atoms with van der Waals surface area (Å²) < 4.78 is 0. The molecule has 4 heteroatoms. The average molecular weight is 250 g/mol. The summed E-state index contributed by atoms with van der Waals surface area (Å²) in [5.74, 6) is 0.872. The maximum Gasteiger partial charge on any atom is 0.225 e. The predicted octanol–water partition coefficient (Wildman–Crippen LogP) is 2.74. The second-order valence-corrected chi connectivity index (χ2v) is 5.28. The lowest BCUT2D eigenvalue weighted by Crippen LogP contribution is -2.19. The number of pyridine rings is 1. The van der Waals surface area contributed by atoms with Crippen LogP contribution in [0, 0.1) is 19.3 Å². The van der Waals surface area contributed by atoms with Gasteiger partial charge in [0.25, 0.3) is 0 Å². The second-order valence-electron chi connectivity index (χ2n) is 4.97. The van der Waals surface area contributed by atoms with Gasteiger partial charge in [-0.2, -0.15) is 12.6 Å². The Balaban J connectivity index is 1.98. The van der Waals surface area contributed by atoms with Crippen LogP contribution in [-0.4, -0.2) is 16.6 Å². The third-order valence-electron chi connectivity index (χ3n) is 3.33. The molecule has 0 spiro atoms. The number of aryl methyl sites for hydroxylation is 2. The Morgan fingerprint density at radius 2 is 2.18 bits per heavy atom. The summed E-state index contributed by atoms with van der Waals surface area (Å²) in [6, 6.07) is 3.82. The molecule has 1 fully saturated rings. The lowest BCUT2D eigenvalue weighted by atomic mass is 10.1. The second kappa shape index (κ2) is 4.69. The summed E-state index contributed by atoms with van der Waals surface area (Å²) >= 11 is 4.31. The van der Waals surface area contributed by atoms with Gasteiger partial charge in [0.2, 0.25) is 5.91 Å². The van der Waals surface area contributed by atoms with E-state index < -0.39 is 0 Å². The van der Waals surface area contributed by atoms with Crippen molar-refractivity contribution in [2.24, 2.45) is 5.41 Å². The molecule has 0 aromatic carbocycles. The normalized spacial score (nSPS) is 16.6. The first kappa shape index (κ1) is 12.4. The first-order valence-corrected chi connectivity index (χ1v) is 6.53. The van der Waals surface area contributed by atoms with Crippen molar-refractivity contribution in [3.05, 3.63) is 23.5 Å². The highest BCUT2D eigenvalue weighted by Gasteiger charge is 2.42. The zero-order valence-corrected chi connectivity index (χ0v) is 11.2. The monoisotopic (exact) mass is 250 g/mol. The molecule has 1 amide bonds. The standard InChI is InChI=1S/C13H18N2OS/c1-9-3-4-11(10(2)14-9)15-12(16)7-13(8-17)5-6-13/h3-4,17H,5-8H2,1-2H3,(H,15,16). The van der Waals surface area contributed by atoms with Crippen LogP contribution in [0.2, 0.25) is 0 Å². The maximum absolute atomic E-state index is 11.9. The molecule has 1 N–H and O–H groups in total. The topological polar surface area (TPSA) is 42.0 Å². The molecule has 0 bridgehead atoms. The first-order valence-electron chi connectivity index (χ1n) is 5.90. The van der Waals surface area contributed by atoms with E-state index in [-0.39, 0.29) is 11.3 Å². The Bertz CT molecular complexity index is 441. The van der Waals surface area contributed by atoms with Crippen LogP contribution in [0.15, 0.2) is 12.1 Å². The fourth-order valence-corrected chi connectivity index (χ4v) is 2.35. The van der Waals surface area contributed by atoms with Gasteiger partial charge >= 0.3 is 0 Å². The van der Waals surface area contributed by atoms with Gasteiger partial charge in [0.15, 0.2) is 0 Å². The minimum Gasteiger partial charge on any atom is -0.324 e. The van der Waals surface area contributed by atoms with Crippen molar-refractivity contribution in [3.63, 3.8) is 0 Å². The van der Waals surface area contributed by atoms with Gasteiger partial charge in [-0.05, 0) is 50.0 Å². The number of hydrogen-bond acceptors (Lipinski definition) is 3. The molecule has 17 heavy (non-hydrogen) atoms. The Hall–Kier alpha value is -1.03. The summed E-state index contributed by atoms with van der Waals surface area (Å²) in [4.78, 5) is 16.2. The number of amides is 1. The molecule has 0 atom stereocenters. The van der Waals surface area contributed by atoms with Crippen LogP contribution in [0.25, 0.3) is 0 Å². The molecule has 92 valence electrons. The Morgan fingerprint density at radius 3 is 2.71 bits per heavy atom. The number of thiol groups is 1. The molecule has 3 nitrogen and oxygen atoms in total. The van der Waals surface area contributed by atoms with Gasteiger partial charge in [0, 0.05) is 12.1 Å². The minimum atomic E-state index is 0.0744. The molecule has 1 aliphatic carbocycles. The zero-order valence-electron chi connectivity index (χ0n) is 10.3. The fourth-order valence-electron chi connectivity index (χ4n) is 1.92. The summed E-state index contributed by atoms with van der Waals surface area (Å²) in [5, 5.41) is 2.93. The number of nitrogens with one attached hydrogen (secondary N) is 1. The van der Waals surface area contributed by atoms with Crippen LogP contribution in [0.3, 0.4) is 0 Å². The van der Waals surface area contributed by atoms with Crippen molar-refractivity contribution in [2.75, 3.05) is 11.1 Å². The van der Waals surface area contributed by atoms with Crippen LogP contribution in [0.5, 0.6) is 0 Å².